The smallest absolute Gasteiger partial charge is 0.410 e. The highest BCUT2D eigenvalue weighted by Gasteiger charge is 2.35. The van der Waals surface area contributed by atoms with Gasteiger partial charge >= 0.3 is 6.09 Å². The summed E-state index contributed by atoms with van der Waals surface area (Å²) in [6.07, 6.45) is 3.99. The van der Waals surface area contributed by atoms with E-state index in [1.165, 1.54) is 0 Å². The van der Waals surface area contributed by atoms with Crippen LogP contribution in [0, 0.1) is 0 Å². The standard InChI is InChI=1S/C15H21ClN2O3/c1-15(2,3)21-14(19)18-5-4-12(18)10-20-13-6-11(7-16)8-17-9-13/h6,8-9,12H,4-5,7,10H2,1-3H3/t12-/m0/s1. The molecule has 0 radical (unpaired) electrons. The van der Waals surface area contributed by atoms with E-state index in [0.717, 1.165) is 12.0 Å². The molecular formula is C15H21ClN2O3. The zero-order valence-electron chi connectivity index (χ0n) is 12.6. The quantitative estimate of drug-likeness (QED) is 0.801. The number of rotatable bonds is 4. The number of halogens is 1. The Bertz CT molecular complexity index is 502. The fraction of sp³-hybridized carbons (Fsp3) is 0.600. The molecule has 0 bridgehead atoms. The maximum absolute atomic E-state index is 12.0. The average Bonchev–Trinajstić information content (AvgIpc) is 2.35. The lowest BCUT2D eigenvalue weighted by Gasteiger charge is -2.40. The third-order valence-electron chi connectivity index (χ3n) is 3.14. The summed E-state index contributed by atoms with van der Waals surface area (Å²) >= 11 is 5.76. The molecule has 0 aliphatic carbocycles. The van der Waals surface area contributed by atoms with Gasteiger partial charge in [-0.25, -0.2) is 4.79 Å². The average molecular weight is 313 g/mol. The molecule has 1 aliphatic rings. The second-order valence-corrected chi connectivity index (χ2v) is 6.36. The summed E-state index contributed by atoms with van der Waals surface area (Å²) in [6.45, 7) is 6.73. The Morgan fingerprint density at radius 1 is 1.48 bits per heavy atom. The predicted octanol–water partition coefficient (Wildman–Crippen LogP) is 3.21. The molecule has 1 saturated heterocycles. The summed E-state index contributed by atoms with van der Waals surface area (Å²) < 4.78 is 11.1. The second kappa shape index (κ2) is 6.52. The molecule has 1 aromatic heterocycles. The SMILES string of the molecule is CC(C)(C)OC(=O)N1CC[C@H]1COc1cncc(CCl)c1. The Kier molecular flexibility index (Phi) is 4.93. The van der Waals surface area contributed by atoms with Gasteiger partial charge in [-0.3, -0.25) is 4.98 Å². The highest BCUT2D eigenvalue weighted by atomic mass is 35.5. The van der Waals surface area contributed by atoms with Gasteiger partial charge in [0.15, 0.2) is 0 Å². The topological polar surface area (TPSA) is 51.7 Å². The van der Waals surface area contributed by atoms with Gasteiger partial charge in [0.2, 0.25) is 0 Å². The van der Waals surface area contributed by atoms with E-state index in [1.807, 2.05) is 26.8 Å². The molecular weight excluding hydrogens is 292 g/mol. The van der Waals surface area contributed by atoms with Crippen LogP contribution in [0.1, 0.15) is 32.8 Å². The first-order valence-corrected chi connectivity index (χ1v) is 7.55. The summed E-state index contributed by atoms with van der Waals surface area (Å²) in [5.41, 5.74) is 0.434. The largest absolute Gasteiger partial charge is 0.490 e. The van der Waals surface area contributed by atoms with Crippen molar-refractivity contribution < 1.29 is 14.3 Å². The molecule has 1 atom stereocenters. The van der Waals surface area contributed by atoms with Crippen molar-refractivity contribution in [3.63, 3.8) is 0 Å². The van der Waals surface area contributed by atoms with Gasteiger partial charge in [-0.15, -0.1) is 11.6 Å². The van der Waals surface area contributed by atoms with Crippen LogP contribution in [-0.2, 0) is 10.6 Å². The molecule has 0 saturated carbocycles. The number of hydrogen-bond donors (Lipinski definition) is 0. The van der Waals surface area contributed by atoms with Crippen LogP contribution in [0.25, 0.3) is 0 Å². The van der Waals surface area contributed by atoms with Gasteiger partial charge in [-0.05, 0) is 38.8 Å². The van der Waals surface area contributed by atoms with Crippen molar-refractivity contribution in [3.05, 3.63) is 24.0 Å². The van der Waals surface area contributed by atoms with E-state index >= 15 is 0 Å². The first-order valence-electron chi connectivity index (χ1n) is 7.01. The lowest BCUT2D eigenvalue weighted by molar-refractivity contribution is -0.0141. The Balaban J connectivity index is 1.85. The van der Waals surface area contributed by atoms with Crippen molar-refractivity contribution in [2.45, 2.75) is 44.7 Å². The second-order valence-electron chi connectivity index (χ2n) is 6.09. The minimum absolute atomic E-state index is 0.0551. The molecule has 116 valence electrons. The molecule has 1 fully saturated rings. The Labute approximate surface area is 130 Å². The monoisotopic (exact) mass is 312 g/mol. The first-order chi connectivity index (χ1) is 9.89. The minimum Gasteiger partial charge on any atom is -0.490 e. The highest BCUT2D eigenvalue weighted by Crippen LogP contribution is 2.22. The number of ether oxygens (including phenoxy) is 2. The third-order valence-corrected chi connectivity index (χ3v) is 3.45. The lowest BCUT2D eigenvalue weighted by atomic mass is 10.1. The number of likely N-dealkylation sites (tertiary alicyclic amines) is 1. The molecule has 1 amide bonds. The molecule has 0 spiro atoms. The third kappa shape index (κ3) is 4.49. The molecule has 0 unspecified atom stereocenters. The summed E-state index contributed by atoms with van der Waals surface area (Å²) in [7, 11) is 0. The fourth-order valence-corrected chi connectivity index (χ4v) is 2.13. The molecule has 0 N–H and O–H groups in total. The molecule has 2 rings (SSSR count). The summed E-state index contributed by atoms with van der Waals surface area (Å²) in [6, 6.07) is 1.91. The van der Waals surface area contributed by atoms with E-state index in [9.17, 15) is 4.79 Å². The van der Waals surface area contributed by atoms with E-state index in [0.29, 0.717) is 24.8 Å². The Hall–Kier alpha value is -1.49. The zero-order chi connectivity index (χ0) is 15.5. The van der Waals surface area contributed by atoms with Crippen LogP contribution in [-0.4, -0.2) is 40.8 Å². The number of carbonyl (C=O) groups is 1. The predicted molar refractivity (Wildman–Crippen MR) is 80.6 cm³/mol. The maximum atomic E-state index is 12.0. The summed E-state index contributed by atoms with van der Waals surface area (Å²) in [5, 5.41) is 0. The fourth-order valence-electron chi connectivity index (χ4n) is 1.98. The van der Waals surface area contributed by atoms with Gasteiger partial charge in [0.25, 0.3) is 0 Å². The number of hydrogen-bond acceptors (Lipinski definition) is 4. The van der Waals surface area contributed by atoms with Gasteiger partial charge in [0.1, 0.15) is 18.0 Å². The summed E-state index contributed by atoms with van der Waals surface area (Å²) in [5.74, 6) is 1.07. The van der Waals surface area contributed by atoms with Crippen molar-refractivity contribution in [1.82, 2.24) is 9.88 Å². The van der Waals surface area contributed by atoms with Gasteiger partial charge in [-0.1, -0.05) is 0 Å². The number of carbonyl (C=O) groups excluding carboxylic acids is 1. The molecule has 5 nitrogen and oxygen atoms in total. The van der Waals surface area contributed by atoms with E-state index in [2.05, 4.69) is 4.98 Å². The van der Waals surface area contributed by atoms with Crippen LogP contribution in [0.15, 0.2) is 18.5 Å². The first kappa shape index (κ1) is 15.9. The van der Waals surface area contributed by atoms with Crippen LogP contribution >= 0.6 is 11.6 Å². The van der Waals surface area contributed by atoms with Crippen LogP contribution < -0.4 is 4.74 Å². The van der Waals surface area contributed by atoms with Crippen LogP contribution in [0.4, 0.5) is 4.79 Å². The Morgan fingerprint density at radius 2 is 2.24 bits per heavy atom. The van der Waals surface area contributed by atoms with Crippen LogP contribution in [0.5, 0.6) is 5.75 Å². The number of aromatic nitrogens is 1. The zero-order valence-corrected chi connectivity index (χ0v) is 13.4. The van der Waals surface area contributed by atoms with Crippen molar-refractivity contribution in [1.29, 1.82) is 0 Å². The molecule has 0 aromatic carbocycles. The number of nitrogens with zero attached hydrogens (tertiary/aromatic N) is 2. The van der Waals surface area contributed by atoms with E-state index in [-0.39, 0.29) is 12.1 Å². The summed E-state index contributed by atoms with van der Waals surface area (Å²) in [4.78, 5) is 17.7. The normalized spacial score (nSPS) is 18.1. The molecule has 1 aliphatic heterocycles. The molecule has 21 heavy (non-hydrogen) atoms. The number of pyridine rings is 1. The van der Waals surface area contributed by atoms with E-state index in [1.54, 1.807) is 17.3 Å². The number of alkyl halides is 1. The van der Waals surface area contributed by atoms with Crippen molar-refractivity contribution >= 4 is 17.7 Å². The van der Waals surface area contributed by atoms with Gasteiger partial charge in [-0.2, -0.15) is 0 Å². The molecule has 1 aromatic rings. The Morgan fingerprint density at radius 3 is 2.81 bits per heavy atom. The van der Waals surface area contributed by atoms with Gasteiger partial charge < -0.3 is 14.4 Å². The maximum Gasteiger partial charge on any atom is 0.410 e. The molecule has 6 heteroatoms. The van der Waals surface area contributed by atoms with Gasteiger partial charge in [0, 0.05) is 18.6 Å². The van der Waals surface area contributed by atoms with Gasteiger partial charge in [0.05, 0.1) is 12.2 Å². The van der Waals surface area contributed by atoms with E-state index < -0.39 is 5.60 Å². The van der Waals surface area contributed by atoms with Crippen molar-refractivity contribution in [2.24, 2.45) is 0 Å². The van der Waals surface area contributed by atoms with Crippen molar-refractivity contribution in [3.8, 4) is 5.75 Å². The van der Waals surface area contributed by atoms with Crippen LogP contribution in [0.3, 0.4) is 0 Å². The molecule has 2 heterocycles. The minimum atomic E-state index is -0.476. The van der Waals surface area contributed by atoms with E-state index in [4.69, 9.17) is 21.1 Å². The highest BCUT2D eigenvalue weighted by molar-refractivity contribution is 6.17. The number of amides is 1. The lowest BCUT2D eigenvalue weighted by Crippen LogP contribution is -2.55. The van der Waals surface area contributed by atoms with Crippen LogP contribution in [0.2, 0.25) is 0 Å². The van der Waals surface area contributed by atoms with Crippen molar-refractivity contribution in [2.75, 3.05) is 13.2 Å².